The van der Waals surface area contributed by atoms with E-state index in [0.717, 1.165) is 17.3 Å². The van der Waals surface area contributed by atoms with Crippen molar-refractivity contribution >= 4 is 51.9 Å². The Bertz CT molecular complexity index is 926. The quantitative estimate of drug-likeness (QED) is 0.456. The first-order chi connectivity index (χ1) is 13.0. The number of thiocarbonyl (C=S) groups is 1. The van der Waals surface area contributed by atoms with E-state index in [1.165, 1.54) is 17.0 Å². The lowest BCUT2D eigenvalue weighted by Crippen LogP contribution is -2.36. The van der Waals surface area contributed by atoms with Crippen molar-refractivity contribution < 1.29 is 19.4 Å². The van der Waals surface area contributed by atoms with Gasteiger partial charge in [0.1, 0.15) is 22.4 Å². The molecule has 0 aromatic heterocycles. The number of nitrogens with one attached hydrogen (secondary N) is 1. The van der Waals surface area contributed by atoms with E-state index in [0.29, 0.717) is 20.7 Å². The van der Waals surface area contributed by atoms with Crippen molar-refractivity contribution in [2.45, 2.75) is 0 Å². The molecule has 6 nitrogen and oxygen atoms in total. The number of ether oxygens (including phenoxy) is 1. The third-order valence-corrected chi connectivity index (χ3v) is 5.13. The second-order valence-corrected chi connectivity index (χ2v) is 7.28. The topological polar surface area (TPSA) is 78.9 Å². The Hall–Kier alpha value is -2.84. The lowest BCUT2D eigenvalue weighted by Gasteiger charge is -2.14. The SMILES string of the molecule is COc1ccccc1/C=C1\SC(=S)N(CC(=O)Nc2ccc(O)cc2)C1=O. The van der Waals surface area contributed by atoms with Gasteiger partial charge in [-0.3, -0.25) is 14.5 Å². The van der Waals surface area contributed by atoms with Crippen LogP contribution in [0.15, 0.2) is 53.4 Å². The summed E-state index contributed by atoms with van der Waals surface area (Å²) in [5, 5.41) is 11.9. The first-order valence-corrected chi connectivity index (χ1v) is 9.17. The zero-order chi connectivity index (χ0) is 19.4. The molecule has 1 aliphatic heterocycles. The van der Waals surface area contributed by atoms with Crippen molar-refractivity contribution in [2.24, 2.45) is 0 Å². The zero-order valence-electron chi connectivity index (χ0n) is 14.3. The number of nitrogens with zero attached hydrogens (tertiary/aromatic N) is 1. The maximum Gasteiger partial charge on any atom is 0.266 e. The fourth-order valence-corrected chi connectivity index (χ4v) is 3.70. The second kappa shape index (κ2) is 8.24. The molecule has 2 aromatic carbocycles. The smallest absolute Gasteiger partial charge is 0.266 e. The summed E-state index contributed by atoms with van der Waals surface area (Å²) in [5.41, 5.74) is 1.28. The Kier molecular flexibility index (Phi) is 5.78. The van der Waals surface area contributed by atoms with Crippen molar-refractivity contribution in [1.82, 2.24) is 4.90 Å². The number of anilines is 1. The van der Waals surface area contributed by atoms with Gasteiger partial charge >= 0.3 is 0 Å². The number of amides is 2. The van der Waals surface area contributed by atoms with Gasteiger partial charge in [-0.1, -0.05) is 42.2 Å². The van der Waals surface area contributed by atoms with Crippen LogP contribution in [0.1, 0.15) is 5.56 Å². The van der Waals surface area contributed by atoms with Crippen molar-refractivity contribution in [3.8, 4) is 11.5 Å². The highest BCUT2D eigenvalue weighted by molar-refractivity contribution is 8.26. The minimum Gasteiger partial charge on any atom is -0.508 e. The summed E-state index contributed by atoms with van der Waals surface area (Å²) in [6, 6.07) is 13.4. The number of carbonyl (C=O) groups is 2. The molecule has 0 unspecified atom stereocenters. The second-order valence-electron chi connectivity index (χ2n) is 5.60. The van der Waals surface area contributed by atoms with Gasteiger partial charge in [-0.05, 0) is 36.4 Å². The van der Waals surface area contributed by atoms with Gasteiger partial charge in [0.25, 0.3) is 5.91 Å². The molecule has 1 fully saturated rings. The fourth-order valence-electron chi connectivity index (χ4n) is 2.45. The summed E-state index contributed by atoms with van der Waals surface area (Å²) in [5.74, 6) is 0.0477. The number of hydrogen-bond acceptors (Lipinski definition) is 6. The maximum atomic E-state index is 12.6. The molecule has 2 N–H and O–H groups in total. The molecule has 0 spiro atoms. The Balaban J connectivity index is 1.71. The number of hydrogen-bond donors (Lipinski definition) is 2. The van der Waals surface area contributed by atoms with Crippen LogP contribution >= 0.6 is 24.0 Å². The van der Waals surface area contributed by atoms with E-state index in [9.17, 15) is 14.7 Å². The summed E-state index contributed by atoms with van der Waals surface area (Å²) >= 11 is 6.40. The summed E-state index contributed by atoms with van der Waals surface area (Å²) in [4.78, 5) is 26.6. The molecule has 27 heavy (non-hydrogen) atoms. The van der Waals surface area contributed by atoms with Gasteiger partial charge in [0.15, 0.2) is 0 Å². The van der Waals surface area contributed by atoms with Crippen LogP contribution in [-0.2, 0) is 9.59 Å². The van der Waals surface area contributed by atoms with Crippen LogP contribution in [0.3, 0.4) is 0 Å². The summed E-state index contributed by atoms with van der Waals surface area (Å²) in [6.45, 7) is -0.186. The molecule has 2 amide bonds. The molecule has 0 saturated carbocycles. The average Bonchev–Trinajstić information content (AvgIpc) is 2.91. The number of para-hydroxylation sites is 1. The number of phenols is 1. The van der Waals surface area contributed by atoms with Crippen molar-refractivity contribution in [2.75, 3.05) is 19.0 Å². The van der Waals surface area contributed by atoms with Gasteiger partial charge < -0.3 is 15.2 Å². The van der Waals surface area contributed by atoms with E-state index >= 15 is 0 Å². The van der Waals surface area contributed by atoms with E-state index in [-0.39, 0.29) is 24.1 Å². The van der Waals surface area contributed by atoms with E-state index in [4.69, 9.17) is 17.0 Å². The standard InChI is InChI=1S/C19H16N2O4S2/c1-25-15-5-3-2-4-12(15)10-16-18(24)21(19(26)27-16)11-17(23)20-13-6-8-14(22)9-7-13/h2-10,22H,11H2,1H3,(H,20,23)/b16-10-. The first kappa shape index (κ1) is 18.9. The molecule has 0 radical (unpaired) electrons. The number of aromatic hydroxyl groups is 1. The highest BCUT2D eigenvalue weighted by atomic mass is 32.2. The van der Waals surface area contributed by atoms with Crippen LogP contribution in [0.25, 0.3) is 6.08 Å². The van der Waals surface area contributed by atoms with Crippen molar-refractivity contribution in [3.63, 3.8) is 0 Å². The predicted molar refractivity (Wildman–Crippen MR) is 110 cm³/mol. The van der Waals surface area contributed by atoms with Gasteiger partial charge in [0, 0.05) is 11.3 Å². The third-order valence-electron chi connectivity index (χ3n) is 3.75. The molecule has 0 aliphatic carbocycles. The minimum absolute atomic E-state index is 0.103. The Morgan fingerprint density at radius 2 is 1.96 bits per heavy atom. The molecule has 8 heteroatoms. The highest BCUT2D eigenvalue weighted by Crippen LogP contribution is 2.34. The minimum atomic E-state index is -0.379. The van der Waals surface area contributed by atoms with Crippen LogP contribution in [0.4, 0.5) is 5.69 Å². The van der Waals surface area contributed by atoms with E-state index in [2.05, 4.69) is 5.32 Å². The number of benzene rings is 2. The molecular formula is C19H16N2O4S2. The van der Waals surface area contributed by atoms with Crippen LogP contribution < -0.4 is 10.1 Å². The summed E-state index contributed by atoms with van der Waals surface area (Å²) in [6.07, 6.45) is 1.70. The van der Waals surface area contributed by atoms with Gasteiger partial charge in [0.2, 0.25) is 5.91 Å². The number of methoxy groups -OCH3 is 1. The summed E-state index contributed by atoms with van der Waals surface area (Å²) < 4.78 is 5.61. The molecule has 0 atom stereocenters. The monoisotopic (exact) mass is 400 g/mol. The van der Waals surface area contributed by atoms with E-state index in [1.807, 2.05) is 18.2 Å². The Morgan fingerprint density at radius 1 is 1.26 bits per heavy atom. The number of rotatable bonds is 5. The molecule has 1 heterocycles. The molecular weight excluding hydrogens is 384 g/mol. The summed E-state index contributed by atoms with van der Waals surface area (Å²) in [7, 11) is 1.56. The maximum absolute atomic E-state index is 12.6. The Morgan fingerprint density at radius 3 is 2.67 bits per heavy atom. The average molecular weight is 400 g/mol. The van der Waals surface area contributed by atoms with Gasteiger partial charge in [-0.2, -0.15) is 0 Å². The largest absolute Gasteiger partial charge is 0.508 e. The van der Waals surface area contributed by atoms with Gasteiger partial charge in [-0.25, -0.2) is 0 Å². The lowest BCUT2D eigenvalue weighted by atomic mass is 10.2. The fraction of sp³-hybridized carbons (Fsp3) is 0.105. The van der Waals surface area contributed by atoms with Crippen molar-refractivity contribution in [3.05, 3.63) is 59.0 Å². The highest BCUT2D eigenvalue weighted by Gasteiger charge is 2.33. The van der Waals surface area contributed by atoms with Crippen LogP contribution in [-0.4, -0.2) is 39.8 Å². The molecule has 1 saturated heterocycles. The van der Waals surface area contributed by atoms with E-state index < -0.39 is 0 Å². The normalized spacial score (nSPS) is 15.3. The van der Waals surface area contributed by atoms with Crippen LogP contribution in [0, 0.1) is 0 Å². The first-order valence-electron chi connectivity index (χ1n) is 7.95. The number of thioether (sulfide) groups is 1. The van der Waals surface area contributed by atoms with Crippen molar-refractivity contribution in [1.29, 1.82) is 0 Å². The molecule has 138 valence electrons. The lowest BCUT2D eigenvalue weighted by molar-refractivity contribution is -0.126. The van der Waals surface area contributed by atoms with E-state index in [1.54, 1.807) is 31.4 Å². The number of phenolic OH excluding ortho intramolecular Hbond substituents is 1. The van der Waals surface area contributed by atoms with Crippen LogP contribution in [0.2, 0.25) is 0 Å². The zero-order valence-corrected chi connectivity index (χ0v) is 16.0. The van der Waals surface area contributed by atoms with Gasteiger partial charge in [-0.15, -0.1) is 0 Å². The van der Waals surface area contributed by atoms with Gasteiger partial charge in [0.05, 0.1) is 12.0 Å². The molecule has 2 aromatic rings. The molecule has 0 bridgehead atoms. The predicted octanol–water partition coefficient (Wildman–Crippen LogP) is 3.24. The molecule has 3 rings (SSSR count). The molecule has 1 aliphatic rings. The number of carbonyl (C=O) groups excluding carboxylic acids is 2. The Labute approximate surface area is 165 Å². The third kappa shape index (κ3) is 4.47. The van der Waals surface area contributed by atoms with Crippen LogP contribution in [0.5, 0.6) is 11.5 Å².